The Morgan fingerprint density at radius 2 is 1.47 bits per heavy atom. The van der Waals surface area contributed by atoms with Gasteiger partial charge in [-0.3, -0.25) is 0 Å². The van der Waals surface area contributed by atoms with Crippen molar-refractivity contribution in [1.29, 1.82) is 0 Å². The number of fused-ring (bicyclic) bond motifs is 10. The number of hydrogen-bond acceptors (Lipinski definition) is 2. The van der Waals surface area contributed by atoms with E-state index in [4.69, 9.17) is 0 Å². The summed E-state index contributed by atoms with van der Waals surface area (Å²) in [5.74, 6) is 0. The molecule has 0 aromatic heterocycles. The molecule has 17 heavy (non-hydrogen) atoms. The molecule has 10 aliphatic heterocycles. The Morgan fingerprint density at radius 1 is 1.00 bits per heavy atom. The van der Waals surface area contributed by atoms with E-state index in [1.54, 1.807) is 0 Å². The quantitative estimate of drug-likeness (QED) is 0.799. The average Bonchev–Trinajstić information content (AvgIpc) is 3.24. The Bertz CT molecular complexity index is 868. The molecule has 0 aromatic carbocycles. The molecule has 0 radical (unpaired) electrons. The first-order valence-electron chi connectivity index (χ1n) is 7.42. The summed E-state index contributed by atoms with van der Waals surface area (Å²) in [7, 11) is 4.49. The Hall–Kier alpha value is 0.439. The van der Waals surface area contributed by atoms with Gasteiger partial charge < -0.3 is 0 Å². The zero-order valence-corrected chi connectivity index (χ0v) is 11.3. The van der Waals surface area contributed by atoms with Gasteiger partial charge in [0.05, 0.1) is 0 Å². The summed E-state index contributed by atoms with van der Waals surface area (Å²) in [5.41, 5.74) is 0. The van der Waals surface area contributed by atoms with Crippen molar-refractivity contribution in [2.75, 3.05) is 20.7 Å². The molecular formula is C14H19FeNO. The molecule has 5 unspecified atom stereocenters. The summed E-state index contributed by atoms with van der Waals surface area (Å²) >= 11 is 0. The fraction of sp³-hybridized carbons (Fsp3) is 1.00. The Balaban J connectivity index is 1.58. The van der Waals surface area contributed by atoms with E-state index in [0.29, 0.717) is 12.6 Å². The van der Waals surface area contributed by atoms with Crippen molar-refractivity contribution in [3.05, 3.63) is 0 Å². The van der Waals surface area contributed by atoms with Crippen LogP contribution in [-0.2, 0) is 6.51 Å². The first kappa shape index (κ1) is 6.74. The van der Waals surface area contributed by atoms with Gasteiger partial charge in [-0.05, 0) is 0 Å². The van der Waals surface area contributed by atoms with Gasteiger partial charge in [0.1, 0.15) is 0 Å². The van der Waals surface area contributed by atoms with Crippen molar-refractivity contribution in [2.45, 2.75) is 53.7 Å². The van der Waals surface area contributed by atoms with Crippen LogP contribution in [0.3, 0.4) is 0 Å². The summed E-state index contributed by atoms with van der Waals surface area (Å²) in [6.45, 7) is -2.45. The van der Waals surface area contributed by atoms with Gasteiger partial charge in [-0.25, -0.2) is 0 Å². The number of nitrogens with zero attached hydrogens (tertiary/aromatic N) is 1. The molecular weight excluding hydrogens is 254 g/mol. The van der Waals surface area contributed by atoms with E-state index >= 15 is 0 Å². The van der Waals surface area contributed by atoms with Gasteiger partial charge >= 0.3 is 90.9 Å². The first-order valence-corrected chi connectivity index (χ1v) is 13.7. The Labute approximate surface area is 91.0 Å². The van der Waals surface area contributed by atoms with Crippen LogP contribution < -0.4 is 0 Å². The minimum absolute atomic E-state index is 0.469. The van der Waals surface area contributed by atoms with Gasteiger partial charge in [-0.1, -0.05) is 0 Å². The van der Waals surface area contributed by atoms with Crippen LogP contribution in [0.15, 0.2) is 0 Å². The molecule has 1 spiro atoms. The van der Waals surface area contributed by atoms with E-state index in [1.165, 1.54) is 43.3 Å². The molecule has 10 heterocycles. The van der Waals surface area contributed by atoms with E-state index in [1.807, 2.05) is 0 Å². The second kappa shape index (κ2) is 0.537. The second-order valence-electron chi connectivity index (χ2n) is 11.4. The standard InChI is InChI=1S/C9H14NO.C5H5.Fe/c1-10(2)9(7-11)8-5-3-4-6-8;1-2-4-5-3-1;/h3-6,9,11H,7H2,1-2H3;1-5H;. The van der Waals surface area contributed by atoms with E-state index in [2.05, 4.69) is 19.0 Å². The molecule has 0 aromatic rings. The van der Waals surface area contributed by atoms with E-state index < -0.39 is 6.51 Å². The summed E-state index contributed by atoms with van der Waals surface area (Å²) in [5, 5.41) is 10.0. The predicted molar refractivity (Wildman–Crippen MR) is 61.0 cm³/mol. The van der Waals surface area contributed by atoms with Crippen LogP contribution in [0.5, 0.6) is 0 Å². The molecule has 1 N–H and O–H groups in total. The molecule has 10 fully saturated rings. The maximum atomic E-state index is 10.0. The maximum absolute atomic E-state index is 10.0. The summed E-state index contributed by atoms with van der Waals surface area (Å²) in [6.07, 6.45) is 0. The molecule has 10 saturated heterocycles. The number of aliphatic hydroxyl groups excluding tert-OH is 1. The number of hydrogen-bond donors (Lipinski definition) is 1. The zero-order chi connectivity index (χ0) is 10.9. The molecule has 0 saturated carbocycles. The van der Waals surface area contributed by atoms with Crippen molar-refractivity contribution >= 4 is 0 Å². The van der Waals surface area contributed by atoms with Crippen molar-refractivity contribution in [2.24, 2.45) is 0 Å². The van der Waals surface area contributed by atoms with E-state index in [0.717, 1.165) is 4.31 Å². The third-order valence-electron chi connectivity index (χ3n) is 16.1. The third-order valence-corrected chi connectivity index (χ3v) is 58.8. The van der Waals surface area contributed by atoms with Crippen LogP contribution in [0, 0.1) is 0 Å². The van der Waals surface area contributed by atoms with Crippen LogP contribution >= 0.6 is 0 Å². The molecule has 94 valence electrons. The molecule has 10 aliphatic rings. The van der Waals surface area contributed by atoms with E-state index in [9.17, 15) is 5.11 Å². The fourth-order valence-corrected chi connectivity index (χ4v) is 93.3. The zero-order valence-electron chi connectivity index (χ0n) is 10.2. The van der Waals surface area contributed by atoms with Gasteiger partial charge in [-0.15, -0.1) is 0 Å². The predicted octanol–water partition coefficient (Wildman–Crippen LogP) is 2.67. The topological polar surface area (TPSA) is 23.5 Å². The van der Waals surface area contributed by atoms with Crippen molar-refractivity contribution < 1.29 is 11.6 Å². The van der Waals surface area contributed by atoms with Gasteiger partial charge in [0.15, 0.2) is 0 Å². The molecule has 0 aliphatic carbocycles. The summed E-state index contributed by atoms with van der Waals surface area (Å²) < 4.78 is 0.858. The summed E-state index contributed by atoms with van der Waals surface area (Å²) in [4.78, 5) is 14.9. The molecule has 3 heteroatoms. The monoisotopic (exact) mass is 273 g/mol. The number of aliphatic hydroxyl groups is 1. The van der Waals surface area contributed by atoms with Crippen molar-refractivity contribution in [3.8, 4) is 0 Å². The van der Waals surface area contributed by atoms with Crippen LogP contribution in [0.1, 0.15) is 0 Å². The Morgan fingerprint density at radius 3 is 1.65 bits per heavy atom. The molecule has 0 bridgehead atoms. The minimum atomic E-state index is -2.92. The molecule has 0 amide bonds. The fourth-order valence-electron chi connectivity index (χ4n) is 18.0. The van der Waals surface area contributed by atoms with Crippen LogP contribution in [0.25, 0.3) is 0 Å². The van der Waals surface area contributed by atoms with E-state index in [-0.39, 0.29) is 0 Å². The normalized spacial score (nSPS) is 122. The van der Waals surface area contributed by atoms with Gasteiger partial charge in [-0.2, -0.15) is 0 Å². The second-order valence-corrected chi connectivity index (χ2v) is 35.0. The van der Waals surface area contributed by atoms with Gasteiger partial charge in [0.25, 0.3) is 0 Å². The van der Waals surface area contributed by atoms with Gasteiger partial charge in [0.2, 0.25) is 0 Å². The Kier molecular flexibility index (Phi) is 0.213. The summed E-state index contributed by atoms with van der Waals surface area (Å²) in [6, 6.07) is 0.594. The van der Waals surface area contributed by atoms with Crippen LogP contribution in [0.2, 0.25) is 47.7 Å². The van der Waals surface area contributed by atoms with Crippen molar-refractivity contribution in [1.82, 2.24) is 4.90 Å². The average molecular weight is 273 g/mol. The van der Waals surface area contributed by atoms with Crippen molar-refractivity contribution in [3.63, 3.8) is 0 Å². The molecule has 10 rings (SSSR count). The van der Waals surface area contributed by atoms with Crippen LogP contribution in [0.4, 0.5) is 0 Å². The van der Waals surface area contributed by atoms with Crippen LogP contribution in [-0.4, -0.2) is 36.8 Å². The third kappa shape index (κ3) is 0.0674. The SMILES string of the molecule is CN(C)C(CO)[C]12[CH]3[CH]4[CH]5[CH]1[Fe]45321678[CH]2[CH]1[CH]6[CH]7[CH]28. The molecule has 2 nitrogen and oxygen atoms in total. The first-order chi connectivity index (χ1) is 7.94. The number of rotatable bonds is 3. The van der Waals surface area contributed by atoms with Gasteiger partial charge in [0, 0.05) is 0 Å². The number of likely N-dealkylation sites (N-methyl/N-ethyl adjacent to an activating group) is 1. The molecule has 5 atom stereocenters.